The van der Waals surface area contributed by atoms with E-state index in [4.69, 9.17) is 10.00 Å². The highest BCUT2D eigenvalue weighted by Gasteiger charge is 2.10. The van der Waals surface area contributed by atoms with Gasteiger partial charge < -0.3 is 10.1 Å². The number of nitrogens with zero attached hydrogens (tertiary/aromatic N) is 2. The Kier molecular flexibility index (Phi) is 6.57. The second-order valence-corrected chi connectivity index (χ2v) is 4.12. The molecule has 0 radical (unpaired) electrons. The predicted molar refractivity (Wildman–Crippen MR) is 76.2 cm³/mol. The number of carbonyl (C=O) groups excluding carboxylic acids is 1. The van der Waals surface area contributed by atoms with Gasteiger partial charge in [-0.05, 0) is 18.1 Å². The van der Waals surface area contributed by atoms with Crippen molar-refractivity contribution >= 4 is 17.7 Å². The molecule has 21 heavy (non-hydrogen) atoms. The molecule has 110 valence electrons. The summed E-state index contributed by atoms with van der Waals surface area (Å²) in [6, 6.07) is 7.51. The zero-order valence-corrected chi connectivity index (χ0v) is 11.5. The third-order valence-electron chi connectivity index (χ3n) is 2.57. The van der Waals surface area contributed by atoms with Crippen LogP contribution in [0.5, 0.6) is 0 Å². The van der Waals surface area contributed by atoms with E-state index < -0.39 is 10.8 Å². The lowest BCUT2D eigenvalue weighted by Gasteiger charge is -2.03. The number of nitriles is 1. The molecule has 0 aliphatic heterocycles. The van der Waals surface area contributed by atoms with Crippen molar-refractivity contribution < 1.29 is 14.5 Å². The fraction of sp³-hybridized carbons (Fsp3) is 0.286. The average molecular weight is 289 g/mol. The number of hydrogen-bond donors (Lipinski definition) is 1. The highest BCUT2D eigenvalue weighted by Crippen LogP contribution is 2.15. The second-order valence-electron chi connectivity index (χ2n) is 4.12. The van der Waals surface area contributed by atoms with Crippen molar-refractivity contribution in [1.82, 2.24) is 5.32 Å². The van der Waals surface area contributed by atoms with Crippen molar-refractivity contribution in [3.05, 3.63) is 45.5 Å². The average Bonchev–Trinajstić information content (AvgIpc) is 2.49. The standard InChI is InChI=1S/C14H15N3O4/c1-21-7-3-6-16-14(18)12(10-15)8-11-4-2-5-13(9-11)17(19)20/h2,4-5,8-9H,3,6-7H2,1H3,(H,16,18). The molecule has 0 heterocycles. The van der Waals surface area contributed by atoms with Gasteiger partial charge in [0.05, 0.1) is 4.92 Å². The van der Waals surface area contributed by atoms with Gasteiger partial charge in [-0.3, -0.25) is 14.9 Å². The van der Waals surface area contributed by atoms with Gasteiger partial charge in [-0.15, -0.1) is 0 Å². The van der Waals surface area contributed by atoms with Crippen LogP contribution in [0.25, 0.3) is 6.08 Å². The Labute approximate surface area is 122 Å². The maximum absolute atomic E-state index is 11.8. The molecule has 0 saturated heterocycles. The molecule has 0 bridgehead atoms. The van der Waals surface area contributed by atoms with Crippen LogP contribution in [-0.4, -0.2) is 31.1 Å². The molecule has 0 aromatic heterocycles. The summed E-state index contributed by atoms with van der Waals surface area (Å²) in [5.41, 5.74) is 0.224. The summed E-state index contributed by atoms with van der Waals surface area (Å²) >= 11 is 0. The zero-order valence-electron chi connectivity index (χ0n) is 11.5. The summed E-state index contributed by atoms with van der Waals surface area (Å²) in [6.07, 6.45) is 1.95. The molecule has 1 amide bonds. The van der Waals surface area contributed by atoms with E-state index >= 15 is 0 Å². The van der Waals surface area contributed by atoms with Crippen molar-refractivity contribution in [3.63, 3.8) is 0 Å². The number of rotatable bonds is 7. The van der Waals surface area contributed by atoms with Crippen LogP contribution in [-0.2, 0) is 9.53 Å². The molecule has 0 saturated carbocycles. The Bertz CT molecular complexity index is 590. The highest BCUT2D eigenvalue weighted by atomic mass is 16.6. The van der Waals surface area contributed by atoms with Crippen LogP contribution in [0.2, 0.25) is 0 Å². The molecule has 1 aromatic rings. The maximum Gasteiger partial charge on any atom is 0.270 e. The first-order chi connectivity index (χ1) is 10.1. The molecule has 0 spiro atoms. The molecule has 1 aromatic carbocycles. The second kappa shape index (κ2) is 8.45. The van der Waals surface area contributed by atoms with E-state index in [1.165, 1.54) is 24.3 Å². The molecular formula is C14H15N3O4. The van der Waals surface area contributed by atoms with Crippen LogP contribution in [0.3, 0.4) is 0 Å². The number of nitrogens with one attached hydrogen (secondary N) is 1. The largest absolute Gasteiger partial charge is 0.385 e. The zero-order chi connectivity index (χ0) is 15.7. The quantitative estimate of drug-likeness (QED) is 0.270. The molecule has 0 aliphatic rings. The van der Waals surface area contributed by atoms with Crippen LogP contribution in [0.15, 0.2) is 29.8 Å². The maximum atomic E-state index is 11.8. The van der Waals surface area contributed by atoms with E-state index in [1.54, 1.807) is 19.2 Å². The monoisotopic (exact) mass is 289 g/mol. The number of non-ortho nitro benzene ring substituents is 1. The minimum atomic E-state index is -0.534. The summed E-state index contributed by atoms with van der Waals surface area (Å²) in [5.74, 6) is -0.514. The Balaban J connectivity index is 2.79. The number of nitro groups is 1. The van der Waals surface area contributed by atoms with Gasteiger partial charge in [0.2, 0.25) is 0 Å². The normalized spacial score (nSPS) is 10.8. The van der Waals surface area contributed by atoms with E-state index in [0.29, 0.717) is 25.1 Å². The van der Waals surface area contributed by atoms with Gasteiger partial charge in [-0.25, -0.2) is 0 Å². The summed E-state index contributed by atoms with van der Waals surface area (Å²) in [5, 5.41) is 22.3. The number of hydrogen-bond acceptors (Lipinski definition) is 5. The lowest BCUT2D eigenvalue weighted by atomic mass is 10.1. The molecule has 0 fully saturated rings. The Morgan fingerprint density at radius 1 is 1.57 bits per heavy atom. The van der Waals surface area contributed by atoms with Gasteiger partial charge in [0.25, 0.3) is 11.6 Å². The van der Waals surface area contributed by atoms with Crippen LogP contribution in [0.4, 0.5) is 5.69 Å². The van der Waals surface area contributed by atoms with E-state index in [9.17, 15) is 14.9 Å². The van der Waals surface area contributed by atoms with Crippen molar-refractivity contribution in [2.24, 2.45) is 0 Å². The topological polar surface area (TPSA) is 105 Å². The van der Waals surface area contributed by atoms with Gasteiger partial charge >= 0.3 is 0 Å². The van der Waals surface area contributed by atoms with Crippen molar-refractivity contribution in [2.45, 2.75) is 6.42 Å². The molecule has 7 heteroatoms. The lowest BCUT2D eigenvalue weighted by molar-refractivity contribution is -0.384. The van der Waals surface area contributed by atoms with E-state index in [1.807, 2.05) is 0 Å². The molecule has 0 atom stereocenters. The Morgan fingerprint density at radius 3 is 2.95 bits per heavy atom. The van der Waals surface area contributed by atoms with Gasteiger partial charge in [0.1, 0.15) is 11.6 Å². The highest BCUT2D eigenvalue weighted by molar-refractivity contribution is 6.01. The summed E-state index contributed by atoms with van der Waals surface area (Å²) < 4.78 is 4.85. The first kappa shape index (κ1) is 16.3. The first-order valence-corrected chi connectivity index (χ1v) is 6.22. The number of amides is 1. The number of benzene rings is 1. The van der Waals surface area contributed by atoms with Gasteiger partial charge in [0.15, 0.2) is 0 Å². The van der Waals surface area contributed by atoms with Crippen LogP contribution in [0.1, 0.15) is 12.0 Å². The van der Waals surface area contributed by atoms with Crippen LogP contribution < -0.4 is 5.32 Å². The van der Waals surface area contributed by atoms with E-state index in [0.717, 1.165) is 0 Å². The van der Waals surface area contributed by atoms with Crippen molar-refractivity contribution in [2.75, 3.05) is 20.3 Å². The minimum absolute atomic E-state index is 0.0958. The molecule has 0 aliphatic carbocycles. The van der Waals surface area contributed by atoms with Gasteiger partial charge in [-0.1, -0.05) is 12.1 Å². The number of methoxy groups -OCH3 is 1. The van der Waals surface area contributed by atoms with Gasteiger partial charge in [-0.2, -0.15) is 5.26 Å². The number of carbonyl (C=O) groups is 1. The molecule has 7 nitrogen and oxygen atoms in total. The SMILES string of the molecule is COCCCNC(=O)C(C#N)=Cc1cccc([N+](=O)[O-])c1. The third kappa shape index (κ3) is 5.42. The smallest absolute Gasteiger partial charge is 0.270 e. The minimum Gasteiger partial charge on any atom is -0.385 e. The molecule has 1 rings (SSSR count). The first-order valence-electron chi connectivity index (χ1n) is 6.22. The Morgan fingerprint density at radius 2 is 2.33 bits per heavy atom. The van der Waals surface area contributed by atoms with E-state index in [2.05, 4.69) is 5.32 Å². The summed E-state index contributed by atoms with van der Waals surface area (Å²) in [7, 11) is 1.56. The number of nitro benzene ring substituents is 1. The summed E-state index contributed by atoms with van der Waals surface area (Å²) in [6.45, 7) is 0.900. The fourth-order valence-corrected chi connectivity index (χ4v) is 1.56. The Hall–Kier alpha value is -2.72. The third-order valence-corrected chi connectivity index (χ3v) is 2.57. The fourth-order valence-electron chi connectivity index (χ4n) is 1.56. The van der Waals surface area contributed by atoms with Crippen molar-refractivity contribution in [3.8, 4) is 6.07 Å². The summed E-state index contributed by atoms with van der Waals surface area (Å²) in [4.78, 5) is 21.9. The molecule has 0 unspecified atom stereocenters. The van der Waals surface area contributed by atoms with Crippen molar-refractivity contribution in [1.29, 1.82) is 5.26 Å². The predicted octanol–water partition coefficient (Wildman–Crippen LogP) is 1.65. The van der Waals surface area contributed by atoms with E-state index in [-0.39, 0.29) is 11.3 Å². The molecule has 1 N–H and O–H groups in total. The van der Waals surface area contributed by atoms with Crippen LogP contribution >= 0.6 is 0 Å². The van der Waals surface area contributed by atoms with Gasteiger partial charge in [0, 0.05) is 32.4 Å². The number of ether oxygens (including phenoxy) is 1. The lowest BCUT2D eigenvalue weighted by Crippen LogP contribution is -2.26. The van der Waals surface area contributed by atoms with Crippen LogP contribution in [0, 0.1) is 21.4 Å². The molecular weight excluding hydrogens is 274 g/mol.